The molecule has 0 atom stereocenters. The molecule has 2 aromatic rings. The maximum absolute atomic E-state index is 10.6. The van der Waals surface area contributed by atoms with Gasteiger partial charge in [0.1, 0.15) is 0 Å². The van der Waals surface area contributed by atoms with Gasteiger partial charge in [0.25, 0.3) is 0 Å². The monoisotopic (exact) mass is 199 g/mol. The Labute approximate surface area is 89.2 Å². The molecule has 1 aromatic carbocycles. The van der Waals surface area contributed by atoms with Gasteiger partial charge in [-0.15, -0.1) is 0 Å². The molecular weight excluding hydrogens is 186 g/mol. The summed E-state index contributed by atoms with van der Waals surface area (Å²) in [4.78, 5) is 10.6. The third-order valence-electron chi connectivity index (χ3n) is 2.55. The van der Waals surface area contributed by atoms with E-state index in [1.54, 1.807) is 0 Å². The van der Waals surface area contributed by atoms with Crippen molar-refractivity contribution in [3.05, 3.63) is 53.3 Å². The molecule has 0 N–H and O–H groups in total. The molecule has 0 fully saturated rings. The number of hydrogen-bond donors (Lipinski definition) is 0. The van der Waals surface area contributed by atoms with Gasteiger partial charge in [-0.3, -0.25) is 4.79 Å². The highest BCUT2D eigenvalue weighted by molar-refractivity contribution is 5.74. The standard InChI is InChI=1S/C13H13NO/c1-10-4-3-5-11(2)13(10)14-7-6-12(8-14)9-15/h3-9H,1-2H3. The van der Waals surface area contributed by atoms with E-state index in [0.717, 1.165) is 12.0 Å². The van der Waals surface area contributed by atoms with Crippen LogP contribution in [0.25, 0.3) is 5.69 Å². The van der Waals surface area contributed by atoms with E-state index in [1.165, 1.54) is 11.1 Å². The summed E-state index contributed by atoms with van der Waals surface area (Å²) >= 11 is 0. The number of rotatable bonds is 2. The summed E-state index contributed by atoms with van der Waals surface area (Å²) < 4.78 is 1.99. The molecule has 0 saturated heterocycles. The van der Waals surface area contributed by atoms with E-state index in [9.17, 15) is 4.79 Å². The maximum Gasteiger partial charge on any atom is 0.151 e. The zero-order valence-electron chi connectivity index (χ0n) is 8.90. The summed E-state index contributed by atoms with van der Waals surface area (Å²) in [6.45, 7) is 4.14. The van der Waals surface area contributed by atoms with Crippen molar-refractivity contribution in [1.29, 1.82) is 0 Å². The average molecular weight is 199 g/mol. The van der Waals surface area contributed by atoms with Gasteiger partial charge in [-0.25, -0.2) is 0 Å². The molecule has 2 nitrogen and oxygen atoms in total. The molecule has 2 heteroatoms. The van der Waals surface area contributed by atoms with Gasteiger partial charge in [-0.1, -0.05) is 18.2 Å². The first-order valence-corrected chi connectivity index (χ1v) is 4.92. The summed E-state index contributed by atoms with van der Waals surface area (Å²) in [5.74, 6) is 0. The first-order chi connectivity index (χ1) is 7.22. The minimum Gasteiger partial charge on any atom is -0.323 e. The van der Waals surface area contributed by atoms with Crippen LogP contribution < -0.4 is 0 Å². The quantitative estimate of drug-likeness (QED) is 0.681. The lowest BCUT2D eigenvalue weighted by molar-refractivity contribution is 0.112. The fourth-order valence-corrected chi connectivity index (χ4v) is 1.83. The van der Waals surface area contributed by atoms with E-state index in [1.807, 2.05) is 29.1 Å². The molecule has 0 aliphatic rings. The Kier molecular flexibility index (Phi) is 2.42. The Morgan fingerprint density at radius 3 is 2.33 bits per heavy atom. The van der Waals surface area contributed by atoms with Crippen molar-refractivity contribution in [1.82, 2.24) is 4.57 Å². The highest BCUT2D eigenvalue weighted by Crippen LogP contribution is 2.19. The third kappa shape index (κ3) is 1.71. The summed E-state index contributed by atoms with van der Waals surface area (Å²) in [7, 11) is 0. The van der Waals surface area contributed by atoms with Crippen molar-refractivity contribution in [2.45, 2.75) is 13.8 Å². The highest BCUT2D eigenvalue weighted by atomic mass is 16.1. The molecule has 1 heterocycles. The zero-order chi connectivity index (χ0) is 10.8. The van der Waals surface area contributed by atoms with Gasteiger partial charge >= 0.3 is 0 Å². The van der Waals surface area contributed by atoms with Crippen molar-refractivity contribution in [3.63, 3.8) is 0 Å². The Hall–Kier alpha value is -1.83. The first kappa shape index (κ1) is 9.71. The molecule has 0 spiro atoms. The highest BCUT2D eigenvalue weighted by Gasteiger charge is 2.04. The van der Waals surface area contributed by atoms with Crippen LogP contribution in [-0.2, 0) is 0 Å². The number of carbonyl (C=O) groups excluding carboxylic acids is 1. The summed E-state index contributed by atoms with van der Waals surface area (Å²) in [6, 6.07) is 8.00. The number of aromatic nitrogens is 1. The first-order valence-electron chi connectivity index (χ1n) is 4.92. The van der Waals surface area contributed by atoms with E-state index < -0.39 is 0 Å². The van der Waals surface area contributed by atoms with Crippen LogP contribution in [0.3, 0.4) is 0 Å². The summed E-state index contributed by atoms with van der Waals surface area (Å²) in [6.07, 6.45) is 4.63. The van der Waals surface area contributed by atoms with Crippen LogP contribution in [0.1, 0.15) is 21.5 Å². The van der Waals surface area contributed by atoms with Crippen molar-refractivity contribution in [2.24, 2.45) is 0 Å². The van der Waals surface area contributed by atoms with Crippen LogP contribution in [0.15, 0.2) is 36.7 Å². The second-order valence-electron chi connectivity index (χ2n) is 3.71. The van der Waals surface area contributed by atoms with Crippen LogP contribution in [0, 0.1) is 13.8 Å². The number of aryl methyl sites for hydroxylation is 2. The Bertz CT molecular complexity index is 477. The van der Waals surface area contributed by atoms with Gasteiger partial charge in [0, 0.05) is 18.0 Å². The lowest BCUT2D eigenvalue weighted by Gasteiger charge is -2.10. The van der Waals surface area contributed by atoms with Crippen LogP contribution in [0.5, 0.6) is 0 Å². The lowest BCUT2D eigenvalue weighted by Crippen LogP contribution is -1.96. The van der Waals surface area contributed by atoms with Crippen molar-refractivity contribution in [2.75, 3.05) is 0 Å². The van der Waals surface area contributed by atoms with E-state index in [-0.39, 0.29) is 0 Å². The fraction of sp³-hybridized carbons (Fsp3) is 0.154. The third-order valence-corrected chi connectivity index (χ3v) is 2.55. The Morgan fingerprint density at radius 1 is 1.13 bits per heavy atom. The molecule has 0 amide bonds. The number of hydrogen-bond acceptors (Lipinski definition) is 1. The number of carbonyl (C=O) groups is 1. The molecule has 0 bridgehead atoms. The van der Waals surface area contributed by atoms with Gasteiger partial charge < -0.3 is 4.57 Å². The fourth-order valence-electron chi connectivity index (χ4n) is 1.83. The van der Waals surface area contributed by atoms with Crippen molar-refractivity contribution < 1.29 is 4.79 Å². The topological polar surface area (TPSA) is 22.0 Å². The van der Waals surface area contributed by atoms with Gasteiger partial charge in [-0.05, 0) is 31.0 Å². The summed E-state index contributed by atoms with van der Waals surface area (Å²) in [5, 5.41) is 0. The van der Waals surface area contributed by atoms with Crippen molar-refractivity contribution in [3.8, 4) is 5.69 Å². The predicted molar refractivity (Wildman–Crippen MR) is 60.6 cm³/mol. The number of nitrogens with zero attached hydrogens (tertiary/aromatic N) is 1. The minimum atomic E-state index is 0.706. The van der Waals surface area contributed by atoms with Crippen molar-refractivity contribution >= 4 is 6.29 Å². The number of aldehydes is 1. The largest absolute Gasteiger partial charge is 0.323 e. The second kappa shape index (κ2) is 3.73. The van der Waals surface area contributed by atoms with E-state index in [4.69, 9.17) is 0 Å². The summed E-state index contributed by atoms with van der Waals surface area (Å²) in [5.41, 5.74) is 4.29. The van der Waals surface area contributed by atoms with Crippen LogP contribution in [0.4, 0.5) is 0 Å². The molecule has 0 saturated carbocycles. The zero-order valence-corrected chi connectivity index (χ0v) is 8.90. The lowest BCUT2D eigenvalue weighted by atomic mass is 10.1. The minimum absolute atomic E-state index is 0.706. The van der Waals surface area contributed by atoms with E-state index in [0.29, 0.717) is 5.56 Å². The van der Waals surface area contributed by atoms with Gasteiger partial charge in [-0.2, -0.15) is 0 Å². The number of benzene rings is 1. The Morgan fingerprint density at radius 2 is 1.80 bits per heavy atom. The smallest absolute Gasteiger partial charge is 0.151 e. The SMILES string of the molecule is Cc1cccc(C)c1-n1ccc(C=O)c1. The van der Waals surface area contributed by atoms with Gasteiger partial charge in [0.15, 0.2) is 6.29 Å². The van der Waals surface area contributed by atoms with Crippen LogP contribution in [-0.4, -0.2) is 10.9 Å². The maximum atomic E-state index is 10.6. The molecular formula is C13H13NO. The number of para-hydroxylation sites is 1. The molecule has 0 aliphatic heterocycles. The van der Waals surface area contributed by atoms with Gasteiger partial charge in [0.2, 0.25) is 0 Å². The Balaban J connectivity index is 2.58. The molecule has 1 aromatic heterocycles. The van der Waals surface area contributed by atoms with E-state index >= 15 is 0 Å². The molecule has 0 unspecified atom stereocenters. The predicted octanol–water partition coefficient (Wildman–Crippen LogP) is 2.91. The normalized spacial score (nSPS) is 10.3. The molecule has 76 valence electrons. The molecule has 2 rings (SSSR count). The van der Waals surface area contributed by atoms with Gasteiger partial charge in [0.05, 0.1) is 5.69 Å². The van der Waals surface area contributed by atoms with E-state index in [2.05, 4.69) is 26.0 Å². The molecule has 0 aliphatic carbocycles. The molecule has 15 heavy (non-hydrogen) atoms. The van der Waals surface area contributed by atoms with Crippen LogP contribution in [0.2, 0.25) is 0 Å². The molecule has 0 radical (unpaired) electrons. The average Bonchev–Trinajstić information content (AvgIpc) is 2.66. The van der Waals surface area contributed by atoms with Crippen LogP contribution >= 0.6 is 0 Å². The second-order valence-corrected chi connectivity index (χ2v) is 3.71.